The summed E-state index contributed by atoms with van der Waals surface area (Å²) in [4.78, 5) is 4.35. The summed E-state index contributed by atoms with van der Waals surface area (Å²) in [6.45, 7) is 7.51. The molecule has 0 aromatic carbocycles. The zero-order valence-corrected chi connectivity index (χ0v) is 12.8. The van der Waals surface area contributed by atoms with E-state index in [4.69, 9.17) is 0 Å². The fourth-order valence-electron chi connectivity index (χ4n) is 2.62. The van der Waals surface area contributed by atoms with E-state index in [9.17, 15) is 0 Å². The van der Waals surface area contributed by atoms with Gasteiger partial charge in [-0.25, -0.2) is 4.98 Å². The largest absolute Gasteiger partial charge is 0.329 e. The van der Waals surface area contributed by atoms with E-state index in [0.717, 1.165) is 11.8 Å². The maximum absolute atomic E-state index is 4.35. The minimum Gasteiger partial charge on any atom is -0.329 e. The Morgan fingerprint density at radius 2 is 2.22 bits per heavy atom. The molecule has 0 saturated heterocycles. The lowest BCUT2D eigenvalue weighted by Crippen LogP contribution is -2.36. The molecule has 1 saturated carbocycles. The summed E-state index contributed by atoms with van der Waals surface area (Å²) < 4.78 is 2.40. The van der Waals surface area contributed by atoms with Crippen molar-refractivity contribution in [2.75, 3.05) is 6.26 Å². The van der Waals surface area contributed by atoms with Gasteiger partial charge in [0.25, 0.3) is 0 Å². The van der Waals surface area contributed by atoms with E-state index in [2.05, 4.69) is 41.9 Å². The highest BCUT2D eigenvalue weighted by atomic mass is 32.2. The maximum Gasteiger partial charge on any atom is 0.0951 e. The third-order valence-electron chi connectivity index (χ3n) is 3.62. The molecule has 18 heavy (non-hydrogen) atoms. The van der Waals surface area contributed by atoms with Crippen LogP contribution in [0.15, 0.2) is 12.5 Å². The van der Waals surface area contributed by atoms with Crippen molar-refractivity contribution in [3.8, 4) is 0 Å². The Hall–Kier alpha value is -0.480. The second-order valence-corrected chi connectivity index (χ2v) is 7.25. The maximum atomic E-state index is 4.35. The molecule has 0 amide bonds. The van der Waals surface area contributed by atoms with Gasteiger partial charge >= 0.3 is 0 Å². The zero-order chi connectivity index (χ0) is 13.2. The van der Waals surface area contributed by atoms with E-state index in [1.54, 1.807) is 0 Å². The van der Waals surface area contributed by atoms with Crippen LogP contribution in [0.2, 0.25) is 0 Å². The molecule has 1 fully saturated rings. The van der Waals surface area contributed by atoms with Gasteiger partial charge in [0, 0.05) is 29.6 Å². The SMILES string of the molecule is CSC1CCCC1n1cncc1CNC(C)(C)C. The van der Waals surface area contributed by atoms with Gasteiger partial charge in [-0.2, -0.15) is 11.8 Å². The van der Waals surface area contributed by atoms with E-state index >= 15 is 0 Å². The van der Waals surface area contributed by atoms with Gasteiger partial charge < -0.3 is 9.88 Å². The first-order valence-electron chi connectivity index (χ1n) is 6.80. The van der Waals surface area contributed by atoms with Gasteiger partial charge in [0.2, 0.25) is 0 Å². The second-order valence-electron chi connectivity index (χ2n) is 6.17. The van der Waals surface area contributed by atoms with E-state index in [0.29, 0.717) is 6.04 Å². The van der Waals surface area contributed by atoms with Crippen LogP contribution in [0.3, 0.4) is 0 Å². The molecule has 0 bridgehead atoms. The van der Waals surface area contributed by atoms with E-state index < -0.39 is 0 Å². The van der Waals surface area contributed by atoms with Crippen molar-refractivity contribution in [2.24, 2.45) is 0 Å². The molecule has 1 heterocycles. The summed E-state index contributed by atoms with van der Waals surface area (Å²) in [5.41, 5.74) is 1.47. The Bertz CT molecular complexity index is 381. The van der Waals surface area contributed by atoms with Crippen LogP contribution >= 0.6 is 11.8 Å². The van der Waals surface area contributed by atoms with Gasteiger partial charge in [0.05, 0.1) is 12.0 Å². The van der Waals surface area contributed by atoms with Crippen molar-refractivity contribution >= 4 is 11.8 Å². The van der Waals surface area contributed by atoms with Crippen LogP contribution in [0.5, 0.6) is 0 Å². The summed E-state index contributed by atoms with van der Waals surface area (Å²) in [5.74, 6) is 0. The van der Waals surface area contributed by atoms with Gasteiger partial charge in [0.15, 0.2) is 0 Å². The number of thioether (sulfide) groups is 1. The third-order valence-corrected chi connectivity index (χ3v) is 4.78. The Labute approximate surface area is 115 Å². The fraction of sp³-hybridized carbons (Fsp3) is 0.786. The standard InChI is InChI=1S/C14H25N3S/c1-14(2,3)16-9-11-8-15-10-17(11)12-6-5-7-13(12)18-4/h8,10,12-13,16H,5-7,9H2,1-4H3. The molecule has 2 unspecified atom stereocenters. The topological polar surface area (TPSA) is 29.9 Å². The average Bonchev–Trinajstić information content (AvgIpc) is 2.93. The Kier molecular flexibility index (Phi) is 4.38. The van der Waals surface area contributed by atoms with Gasteiger partial charge in [-0.3, -0.25) is 0 Å². The van der Waals surface area contributed by atoms with Crippen LogP contribution in [-0.2, 0) is 6.54 Å². The van der Waals surface area contributed by atoms with Crippen molar-refractivity contribution in [2.45, 2.75) is 63.4 Å². The number of rotatable bonds is 4. The predicted octanol–water partition coefficient (Wildman–Crippen LogP) is 3.23. The number of hydrogen-bond acceptors (Lipinski definition) is 3. The summed E-state index contributed by atoms with van der Waals surface area (Å²) >= 11 is 2.00. The molecular weight excluding hydrogens is 242 g/mol. The smallest absolute Gasteiger partial charge is 0.0951 e. The number of hydrogen-bond donors (Lipinski definition) is 1. The van der Waals surface area contributed by atoms with E-state index in [-0.39, 0.29) is 5.54 Å². The molecule has 1 aliphatic rings. The van der Waals surface area contributed by atoms with Gasteiger partial charge in [0.1, 0.15) is 0 Å². The second kappa shape index (κ2) is 5.66. The van der Waals surface area contributed by atoms with Crippen LogP contribution in [-0.4, -0.2) is 26.6 Å². The van der Waals surface area contributed by atoms with Gasteiger partial charge in [-0.05, 0) is 39.9 Å². The quantitative estimate of drug-likeness (QED) is 0.908. The first-order valence-corrected chi connectivity index (χ1v) is 8.08. The lowest BCUT2D eigenvalue weighted by molar-refractivity contribution is 0.407. The zero-order valence-electron chi connectivity index (χ0n) is 11.9. The number of nitrogens with one attached hydrogen (secondary N) is 1. The van der Waals surface area contributed by atoms with Crippen LogP contribution < -0.4 is 5.32 Å². The molecule has 0 aliphatic heterocycles. The predicted molar refractivity (Wildman–Crippen MR) is 79.0 cm³/mol. The first-order chi connectivity index (χ1) is 8.51. The Balaban J connectivity index is 2.07. The number of aromatic nitrogens is 2. The van der Waals surface area contributed by atoms with Crippen molar-refractivity contribution in [1.29, 1.82) is 0 Å². The van der Waals surface area contributed by atoms with E-state index in [1.165, 1.54) is 25.0 Å². The Morgan fingerprint density at radius 1 is 1.44 bits per heavy atom. The number of nitrogens with zero attached hydrogens (tertiary/aromatic N) is 2. The number of imidazole rings is 1. The summed E-state index contributed by atoms with van der Waals surface area (Å²) in [5, 5.41) is 4.31. The molecule has 0 spiro atoms. The van der Waals surface area contributed by atoms with Crippen molar-refractivity contribution in [3.05, 3.63) is 18.2 Å². The molecule has 1 N–H and O–H groups in total. The molecule has 3 nitrogen and oxygen atoms in total. The highest BCUT2D eigenvalue weighted by Crippen LogP contribution is 2.37. The molecule has 1 aromatic heterocycles. The fourth-order valence-corrected chi connectivity index (χ4v) is 3.61. The summed E-state index contributed by atoms with van der Waals surface area (Å²) in [6.07, 6.45) is 10.2. The minimum atomic E-state index is 0.156. The average molecular weight is 267 g/mol. The van der Waals surface area contributed by atoms with Crippen LogP contribution in [0, 0.1) is 0 Å². The normalized spacial score (nSPS) is 24.7. The molecule has 1 aliphatic carbocycles. The molecular formula is C14H25N3S. The van der Waals surface area contributed by atoms with Crippen LogP contribution in [0.4, 0.5) is 0 Å². The highest BCUT2D eigenvalue weighted by molar-refractivity contribution is 7.99. The summed E-state index contributed by atoms with van der Waals surface area (Å²) in [7, 11) is 0. The van der Waals surface area contributed by atoms with Gasteiger partial charge in [-0.1, -0.05) is 6.42 Å². The third kappa shape index (κ3) is 3.29. The molecule has 2 rings (SSSR count). The lowest BCUT2D eigenvalue weighted by atomic mass is 10.1. The molecule has 0 radical (unpaired) electrons. The first kappa shape index (κ1) is 13.9. The van der Waals surface area contributed by atoms with Crippen molar-refractivity contribution in [1.82, 2.24) is 14.9 Å². The molecule has 102 valence electrons. The van der Waals surface area contributed by atoms with Crippen molar-refractivity contribution in [3.63, 3.8) is 0 Å². The highest BCUT2D eigenvalue weighted by Gasteiger charge is 2.29. The van der Waals surface area contributed by atoms with Crippen LogP contribution in [0.1, 0.15) is 51.8 Å². The molecule has 4 heteroatoms. The lowest BCUT2D eigenvalue weighted by Gasteiger charge is -2.24. The van der Waals surface area contributed by atoms with Crippen LogP contribution in [0.25, 0.3) is 0 Å². The molecule has 1 aromatic rings. The van der Waals surface area contributed by atoms with Gasteiger partial charge in [-0.15, -0.1) is 0 Å². The van der Waals surface area contributed by atoms with E-state index in [1.807, 2.05) is 24.3 Å². The van der Waals surface area contributed by atoms with Crippen molar-refractivity contribution < 1.29 is 0 Å². The monoisotopic (exact) mass is 267 g/mol. The molecule has 2 atom stereocenters. The Morgan fingerprint density at radius 3 is 2.89 bits per heavy atom. The minimum absolute atomic E-state index is 0.156. The summed E-state index contributed by atoms with van der Waals surface area (Å²) in [6, 6.07) is 0.638.